The monoisotopic (exact) mass is 928 g/mol. The lowest BCUT2D eigenvalue weighted by Crippen LogP contribution is -2.61. The van der Waals surface area contributed by atoms with Gasteiger partial charge in [0.15, 0.2) is 12.6 Å². The summed E-state index contributed by atoms with van der Waals surface area (Å²) >= 11 is 0. The van der Waals surface area contributed by atoms with Gasteiger partial charge in [0.1, 0.15) is 54.9 Å². The van der Waals surface area contributed by atoms with Gasteiger partial charge in [0, 0.05) is 0 Å². The van der Waals surface area contributed by atoms with Crippen LogP contribution in [0.2, 0.25) is 0 Å². The molecule has 3 aliphatic carbocycles. The Labute approximate surface area is 371 Å². The first-order chi connectivity index (χ1) is 30.1. The molecule has 2 saturated heterocycles. The van der Waals surface area contributed by atoms with Crippen molar-refractivity contribution in [2.24, 2.45) is 28.6 Å². The van der Waals surface area contributed by atoms with Gasteiger partial charge in [0.2, 0.25) is 18.9 Å². The number of hydrogen-bond donors (Lipinski definition) is 13. The molecule has 3 saturated carbocycles. The van der Waals surface area contributed by atoms with Crippen LogP contribution in [0.3, 0.4) is 0 Å². The van der Waals surface area contributed by atoms with Crippen LogP contribution in [0, 0.1) is 28.6 Å². The highest BCUT2D eigenvalue weighted by Gasteiger charge is 2.60. The fourth-order valence-electron chi connectivity index (χ4n) is 10.5. The van der Waals surface area contributed by atoms with Crippen LogP contribution in [0.25, 0.3) is 0 Å². The third-order valence-electron chi connectivity index (χ3n) is 14.3. The zero-order valence-corrected chi connectivity index (χ0v) is 36.8. The summed E-state index contributed by atoms with van der Waals surface area (Å²) in [5.41, 5.74) is -0.923. The van der Waals surface area contributed by atoms with E-state index in [9.17, 15) is 71.2 Å². The molecule has 22 atom stereocenters. The van der Waals surface area contributed by atoms with Crippen molar-refractivity contribution in [1.82, 2.24) is 0 Å². The van der Waals surface area contributed by atoms with Crippen molar-refractivity contribution < 1.29 is 109 Å². The number of carbonyl (C=O) groups excluding carboxylic acids is 1. The Bertz CT molecular complexity index is 1490. The van der Waals surface area contributed by atoms with E-state index in [4.69, 9.17) is 37.9 Å². The van der Waals surface area contributed by atoms with Crippen LogP contribution in [0.4, 0.5) is 0 Å². The molecule has 13 N–H and O–H groups in total. The molecule has 2 heterocycles. The van der Waals surface area contributed by atoms with Crippen molar-refractivity contribution in [2.75, 3.05) is 26.4 Å². The van der Waals surface area contributed by atoms with Crippen molar-refractivity contribution in [3.05, 3.63) is 12.2 Å². The number of rotatable bonds is 19. The molecule has 0 bridgehead atoms. The summed E-state index contributed by atoms with van der Waals surface area (Å²) in [7, 11) is 0. The maximum atomic E-state index is 14.1. The van der Waals surface area contributed by atoms with E-state index in [1.54, 1.807) is 6.92 Å². The number of aliphatic hydroxyl groups excluding tert-OH is 12. The fraction of sp³-hybridized carbons (Fsp3) is 0.929. The van der Waals surface area contributed by atoms with Crippen molar-refractivity contribution in [2.45, 2.75) is 190 Å². The minimum absolute atomic E-state index is 0.00773. The highest BCUT2D eigenvalue weighted by molar-refractivity contribution is 5.77. The predicted molar refractivity (Wildman–Crippen MR) is 214 cm³/mol. The molecule has 5 rings (SSSR count). The molecule has 64 heavy (non-hydrogen) atoms. The number of hydrogen-bond acceptors (Lipinski definition) is 22. The van der Waals surface area contributed by atoms with E-state index in [0.717, 1.165) is 6.42 Å². The summed E-state index contributed by atoms with van der Waals surface area (Å²) in [4.78, 5) is 14.1. The lowest BCUT2D eigenvalue weighted by atomic mass is 9.45. The average molecular weight is 929 g/mol. The van der Waals surface area contributed by atoms with Gasteiger partial charge in [0.05, 0.1) is 50.2 Å². The zero-order chi connectivity index (χ0) is 47.4. The van der Waals surface area contributed by atoms with Gasteiger partial charge >= 0.3 is 5.97 Å². The van der Waals surface area contributed by atoms with E-state index < -0.39 is 154 Å². The van der Waals surface area contributed by atoms with Crippen LogP contribution in [-0.2, 0) is 42.7 Å². The minimum atomic E-state index is -2.26. The van der Waals surface area contributed by atoms with E-state index in [1.807, 2.05) is 0 Å². The normalized spacial score (nSPS) is 41.7. The van der Waals surface area contributed by atoms with Crippen LogP contribution in [-0.4, -0.2) is 210 Å². The number of esters is 1. The highest BCUT2D eigenvalue weighted by Crippen LogP contribution is 2.64. The van der Waals surface area contributed by atoms with Crippen LogP contribution in [0.1, 0.15) is 79.1 Å². The van der Waals surface area contributed by atoms with Gasteiger partial charge in [-0.25, -0.2) is 0 Å². The number of carbonyl (C=O) groups is 1. The van der Waals surface area contributed by atoms with Gasteiger partial charge in [0.25, 0.3) is 6.29 Å². The molecule has 0 aromatic carbocycles. The molecule has 5 aliphatic rings. The molecule has 19 unspecified atom stereocenters. The summed E-state index contributed by atoms with van der Waals surface area (Å²) in [5.74, 6) is -0.891. The van der Waals surface area contributed by atoms with Crippen molar-refractivity contribution in [3.63, 3.8) is 0 Å². The molecule has 372 valence electrons. The molecule has 0 aromatic heterocycles. The molecule has 0 radical (unpaired) electrons. The van der Waals surface area contributed by atoms with Crippen LogP contribution >= 0.6 is 0 Å². The van der Waals surface area contributed by atoms with Crippen LogP contribution < -0.4 is 0 Å². The Morgan fingerprint density at radius 3 is 1.95 bits per heavy atom. The second-order valence-corrected chi connectivity index (χ2v) is 18.7. The van der Waals surface area contributed by atoms with E-state index in [1.165, 1.54) is 13.8 Å². The SMILES string of the molecule is C=C1CC2CCC3[C@](C)(C(=O)OC(OC(CO)C(C)O)C(O)O)CCC[C@@]3(C)[C@@H]2CCC1OC(OC(CO)C(C)O)C(OC1OCC(O)C(O)C1O)OC1OC(CO)C(O)C(O)C1O. The Balaban J connectivity index is 1.42. The average Bonchev–Trinajstić information content (AvgIpc) is 3.41. The van der Waals surface area contributed by atoms with Crippen molar-refractivity contribution in [3.8, 4) is 0 Å². The second-order valence-electron chi connectivity index (χ2n) is 18.7. The first-order valence-corrected chi connectivity index (χ1v) is 22.2. The molecule has 0 spiro atoms. The van der Waals surface area contributed by atoms with Crippen LogP contribution in [0.15, 0.2) is 12.2 Å². The first kappa shape index (κ1) is 53.4. The molecular formula is C42H72O22. The summed E-state index contributed by atoms with van der Waals surface area (Å²) < 4.78 is 46.8. The second kappa shape index (κ2) is 22.7. The number of ether oxygens (including phenoxy) is 8. The maximum Gasteiger partial charge on any atom is 0.314 e. The molecule has 2 aliphatic heterocycles. The van der Waals surface area contributed by atoms with E-state index >= 15 is 0 Å². The van der Waals surface area contributed by atoms with E-state index in [-0.39, 0.29) is 17.8 Å². The maximum absolute atomic E-state index is 14.1. The smallest absolute Gasteiger partial charge is 0.314 e. The van der Waals surface area contributed by atoms with Gasteiger partial charge in [-0.1, -0.05) is 19.9 Å². The van der Waals surface area contributed by atoms with Gasteiger partial charge in [-0.3, -0.25) is 4.79 Å². The summed E-state index contributed by atoms with van der Waals surface area (Å²) in [5, 5.41) is 134. The molecular weight excluding hydrogens is 856 g/mol. The van der Waals surface area contributed by atoms with Gasteiger partial charge in [-0.05, 0) is 94.5 Å². The largest absolute Gasteiger partial charge is 0.430 e. The summed E-state index contributed by atoms with van der Waals surface area (Å²) in [6, 6.07) is 0. The zero-order valence-electron chi connectivity index (χ0n) is 36.8. The first-order valence-electron chi connectivity index (χ1n) is 22.2. The lowest BCUT2D eigenvalue weighted by molar-refractivity contribution is -0.410. The number of fused-ring (bicyclic) bond motifs is 3. The predicted octanol–water partition coefficient (Wildman–Crippen LogP) is -3.43. The van der Waals surface area contributed by atoms with Gasteiger partial charge < -0.3 is 104 Å². The Hall–Kier alpha value is -1.59. The number of aliphatic hydroxyl groups is 13. The molecule has 22 nitrogen and oxygen atoms in total. The molecule has 5 fully saturated rings. The topological polar surface area (TPSA) is 354 Å². The lowest BCUT2D eigenvalue weighted by Gasteiger charge is -2.59. The summed E-state index contributed by atoms with van der Waals surface area (Å²) in [6.45, 7) is 8.23. The highest BCUT2D eigenvalue weighted by atomic mass is 16.8. The van der Waals surface area contributed by atoms with Crippen molar-refractivity contribution in [1.29, 1.82) is 0 Å². The van der Waals surface area contributed by atoms with E-state index in [2.05, 4.69) is 13.5 Å². The third-order valence-corrected chi connectivity index (χ3v) is 14.3. The minimum Gasteiger partial charge on any atom is -0.430 e. The Morgan fingerprint density at radius 2 is 1.36 bits per heavy atom. The molecule has 22 heteroatoms. The van der Waals surface area contributed by atoms with Gasteiger partial charge in [-0.2, -0.15) is 0 Å². The Morgan fingerprint density at radius 1 is 0.750 bits per heavy atom. The quantitative estimate of drug-likeness (QED) is 0.0341. The van der Waals surface area contributed by atoms with Crippen LogP contribution in [0.5, 0.6) is 0 Å². The van der Waals surface area contributed by atoms with E-state index in [0.29, 0.717) is 50.5 Å². The fourth-order valence-corrected chi connectivity index (χ4v) is 10.5. The standard InChI is InChI=1S/C42H72O22/c1-18-13-21-7-10-28-41(4,11-6-12-42(28,5)40(56)64-37(34(54)55)59-25(14-43)19(2)46)22(21)8-9-24(18)58-38(60-26(15-44)20(3)47)39(62-35-32(52)29(49)23(48)17-57-35)63-36-33(53)31(51)30(50)27(16-45)61-36/h19-39,43-55H,1,6-17H2,2-5H3/t19?,20?,21?,22-,23?,24?,25?,26?,27?,28?,29?,30?,31?,32?,33?,35?,36?,37?,38?,39?,41+,42-/m1/s1. The Kier molecular flexibility index (Phi) is 18.9. The molecule has 0 aromatic rings. The van der Waals surface area contributed by atoms with Gasteiger partial charge in [-0.15, -0.1) is 0 Å². The van der Waals surface area contributed by atoms with Crippen molar-refractivity contribution >= 4 is 5.97 Å². The third kappa shape index (κ3) is 11.6. The summed E-state index contributed by atoms with van der Waals surface area (Å²) in [6.07, 6.45) is -25.3. The molecule has 0 amide bonds.